The number of amides is 1. The Hall–Kier alpha value is -3.80. The number of ether oxygens (including phenoxy) is 2. The van der Waals surface area contributed by atoms with Crippen molar-refractivity contribution in [1.82, 2.24) is 14.9 Å². The van der Waals surface area contributed by atoms with Gasteiger partial charge in [0, 0.05) is 13.0 Å². The minimum Gasteiger partial charge on any atom is -0.496 e. The summed E-state index contributed by atoms with van der Waals surface area (Å²) in [5.41, 5.74) is 3.96. The molecule has 194 valence electrons. The summed E-state index contributed by atoms with van der Waals surface area (Å²) in [4.78, 5) is 17.4. The van der Waals surface area contributed by atoms with Gasteiger partial charge in [0.25, 0.3) is 5.91 Å². The van der Waals surface area contributed by atoms with Crippen molar-refractivity contribution in [3.05, 3.63) is 89.7 Å². The topological polar surface area (TPSA) is 65.4 Å². The lowest BCUT2D eigenvalue weighted by Crippen LogP contribution is -2.24. The van der Waals surface area contributed by atoms with E-state index in [0.29, 0.717) is 30.4 Å². The van der Waals surface area contributed by atoms with Crippen molar-refractivity contribution < 1.29 is 14.3 Å². The molecule has 6 nitrogen and oxygen atoms in total. The smallest absolute Gasteiger partial charge is 0.255 e. The molecule has 4 rings (SSSR count). The first-order valence-corrected chi connectivity index (χ1v) is 13.2. The van der Waals surface area contributed by atoms with Crippen LogP contribution in [0, 0.1) is 0 Å². The van der Waals surface area contributed by atoms with Gasteiger partial charge in [-0.3, -0.25) is 4.79 Å². The molecule has 0 saturated carbocycles. The Bertz CT molecular complexity index is 1310. The molecule has 0 aliphatic heterocycles. The van der Waals surface area contributed by atoms with Gasteiger partial charge in [0.1, 0.15) is 23.9 Å². The Morgan fingerprint density at radius 3 is 2.46 bits per heavy atom. The fraction of sp³-hybridized carbons (Fsp3) is 0.355. The second kappa shape index (κ2) is 12.9. The van der Waals surface area contributed by atoms with E-state index in [9.17, 15) is 4.79 Å². The number of rotatable bonds is 13. The van der Waals surface area contributed by atoms with Crippen molar-refractivity contribution in [2.24, 2.45) is 0 Å². The quantitative estimate of drug-likeness (QED) is 0.217. The van der Waals surface area contributed by atoms with Gasteiger partial charge in [-0.25, -0.2) is 4.98 Å². The van der Waals surface area contributed by atoms with Crippen LogP contribution in [0.1, 0.15) is 60.8 Å². The number of carbonyl (C=O) groups excluding carboxylic acids is 1. The summed E-state index contributed by atoms with van der Waals surface area (Å²) < 4.78 is 13.8. The molecule has 6 heteroatoms. The predicted octanol–water partition coefficient (Wildman–Crippen LogP) is 6.39. The number of aryl methyl sites for hydroxylation is 1. The minimum atomic E-state index is -0.0988. The number of fused-ring (bicyclic) bond motifs is 1. The summed E-state index contributed by atoms with van der Waals surface area (Å²) >= 11 is 0. The van der Waals surface area contributed by atoms with Crippen LogP contribution in [-0.4, -0.2) is 35.7 Å². The van der Waals surface area contributed by atoms with E-state index in [0.717, 1.165) is 54.8 Å². The monoisotopic (exact) mass is 499 g/mol. The zero-order chi connectivity index (χ0) is 26.0. The molecule has 0 spiro atoms. The van der Waals surface area contributed by atoms with Crippen molar-refractivity contribution in [3.8, 4) is 11.5 Å². The summed E-state index contributed by atoms with van der Waals surface area (Å²) in [6.45, 7) is 6.35. The second-order valence-electron chi connectivity index (χ2n) is 9.48. The second-order valence-corrected chi connectivity index (χ2v) is 9.48. The zero-order valence-corrected chi connectivity index (χ0v) is 22.1. The summed E-state index contributed by atoms with van der Waals surface area (Å²) in [6, 6.07) is 23.8. The first-order valence-electron chi connectivity index (χ1n) is 13.2. The molecule has 0 aliphatic rings. The molecule has 37 heavy (non-hydrogen) atoms. The first-order chi connectivity index (χ1) is 18.1. The molecule has 0 unspecified atom stereocenters. The van der Waals surface area contributed by atoms with E-state index in [4.69, 9.17) is 14.5 Å². The van der Waals surface area contributed by atoms with E-state index in [1.807, 2.05) is 24.3 Å². The van der Waals surface area contributed by atoms with Gasteiger partial charge in [0.2, 0.25) is 0 Å². The van der Waals surface area contributed by atoms with Crippen molar-refractivity contribution in [2.45, 2.75) is 52.0 Å². The molecular formula is C31H37N3O3. The maximum atomic E-state index is 12.5. The van der Waals surface area contributed by atoms with Gasteiger partial charge in [-0.05, 0) is 54.7 Å². The lowest BCUT2D eigenvalue weighted by Gasteiger charge is -2.15. The van der Waals surface area contributed by atoms with Crippen LogP contribution in [0.3, 0.4) is 0 Å². The van der Waals surface area contributed by atoms with E-state index in [-0.39, 0.29) is 5.91 Å². The van der Waals surface area contributed by atoms with E-state index >= 15 is 0 Å². The molecule has 1 heterocycles. The van der Waals surface area contributed by atoms with Gasteiger partial charge in [0.15, 0.2) is 0 Å². The van der Waals surface area contributed by atoms with Crippen molar-refractivity contribution in [3.63, 3.8) is 0 Å². The molecular weight excluding hydrogens is 462 g/mol. The largest absolute Gasteiger partial charge is 0.496 e. The molecule has 0 aliphatic carbocycles. The van der Waals surface area contributed by atoms with Crippen LogP contribution in [0.2, 0.25) is 0 Å². The van der Waals surface area contributed by atoms with Gasteiger partial charge in [-0.15, -0.1) is 0 Å². The molecule has 1 amide bonds. The average Bonchev–Trinajstić information content (AvgIpc) is 3.27. The molecule has 1 aromatic heterocycles. The number of aromatic nitrogens is 2. The molecule has 1 N–H and O–H groups in total. The highest BCUT2D eigenvalue weighted by atomic mass is 16.5. The number of carbonyl (C=O) groups is 1. The van der Waals surface area contributed by atoms with Crippen LogP contribution in [0.25, 0.3) is 11.0 Å². The number of methoxy groups -OCH3 is 1. The molecule has 0 fully saturated rings. The number of imidazole rings is 1. The predicted molar refractivity (Wildman–Crippen MR) is 149 cm³/mol. The molecule has 3 aromatic carbocycles. The first kappa shape index (κ1) is 26.3. The Kier molecular flexibility index (Phi) is 9.19. The Morgan fingerprint density at radius 2 is 1.65 bits per heavy atom. The average molecular weight is 500 g/mol. The number of para-hydroxylation sites is 4. The van der Waals surface area contributed by atoms with Gasteiger partial charge in [-0.2, -0.15) is 0 Å². The minimum absolute atomic E-state index is 0.0988. The standard InChI is InChI=1S/C31H37N3O3/c1-23(2)24-13-6-11-18-29(24)37-22-21-34-27-16-9-8-15-26(27)33-30(34)19-5-4-12-20-32-31(35)25-14-7-10-17-28(25)36-3/h6-11,13-18,23H,4-5,12,19-22H2,1-3H3,(H,32,35). The highest BCUT2D eigenvalue weighted by molar-refractivity contribution is 5.96. The van der Waals surface area contributed by atoms with Gasteiger partial charge < -0.3 is 19.4 Å². The zero-order valence-electron chi connectivity index (χ0n) is 22.1. The van der Waals surface area contributed by atoms with Crippen LogP contribution in [0.15, 0.2) is 72.8 Å². The lowest BCUT2D eigenvalue weighted by molar-refractivity contribution is 0.0950. The molecule has 4 aromatic rings. The van der Waals surface area contributed by atoms with Crippen molar-refractivity contribution >= 4 is 16.9 Å². The molecule has 0 radical (unpaired) electrons. The SMILES string of the molecule is COc1ccccc1C(=O)NCCCCCc1nc2ccccc2n1CCOc1ccccc1C(C)C. The van der Waals surface area contributed by atoms with E-state index in [2.05, 4.69) is 60.1 Å². The van der Waals surface area contributed by atoms with Crippen molar-refractivity contribution in [2.75, 3.05) is 20.3 Å². The van der Waals surface area contributed by atoms with Crippen LogP contribution in [-0.2, 0) is 13.0 Å². The highest BCUT2D eigenvalue weighted by Crippen LogP contribution is 2.26. The maximum Gasteiger partial charge on any atom is 0.255 e. The lowest BCUT2D eigenvalue weighted by atomic mass is 10.0. The molecule has 0 bridgehead atoms. The highest BCUT2D eigenvalue weighted by Gasteiger charge is 2.13. The van der Waals surface area contributed by atoms with Gasteiger partial charge >= 0.3 is 0 Å². The van der Waals surface area contributed by atoms with Crippen LogP contribution in [0.5, 0.6) is 11.5 Å². The summed E-state index contributed by atoms with van der Waals surface area (Å²) in [5, 5.41) is 3.00. The Balaban J connectivity index is 1.30. The van der Waals surface area contributed by atoms with Gasteiger partial charge in [-0.1, -0.05) is 62.7 Å². The third-order valence-corrected chi connectivity index (χ3v) is 6.56. The van der Waals surface area contributed by atoms with Crippen molar-refractivity contribution in [1.29, 1.82) is 0 Å². The Morgan fingerprint density at radius 1 is 0.919 bits per heavy atom. The number of nitrogens with one attached hydrogen (secondary N) is 1. The van der Waals surface area contributed by atoms with Gasteiger partial charge in [0.05, 0.1) is 30.3 Å². The number of nitrogens with zero attached hydrogens (tertiary/aromatic N) is 2. The van der Waals surface area contributed by atoms with Crippen LogP contribution < -0.4 is 14.8 Å². The molecule has 0 saturated heterocycles. The number of hydrogen-bond donors (Lipinski definition) is 1. The fourth-order valence-corrected chi connectivity index (χ4v) is 4.62. The third kappa shape index (κ3) is 6.70. The summed E-state index contributed by atoms with van der Waals surface area (Å²) in [7, 11) is 1.58. The maximum absolute atomic E-state index is 12.5. The van der Waals surface area contributed by atoms with E-state index < -0.39 is 0 Å². The van der Waals surface area contributed by atoms with Crippen LogP contribution >= 0.6 is 0 Å². The summed E-state index contributed by atoms with van der Waals surface area (Å²) in [5.74, 6) is 2.95. The normalized spacial score (nSPS) is 11.1. The van der Waals surface area contributed by atoms with Crippen LogP contribution in [0.4, 0.5) is 0 Å². The number of unbranched alkanes of at least 4 members (excludes halogenated alkanes) is 2. The van der Waals surface area contributed by atoms with E-state index in [1.54, 1.807) is 19.2 Å². The third-order valence-electron chi connectivity index (χ3n) is 6.56. The Labute approximate surface area is 219 Å². The van der Waals surface area contributed by atoms with E-state index in [1.165, 1.54) is 5.56 Å². The molecule has 0 atom stereocenters. The number of hydrogen-bond acceptors (Lipinski definition) is 4. The number of benzene rings is 3. The summed E-state index contributed by atoms with van der Waals surface area (Å²) in [6.07, 6.45) is 3.81. The fourth-order valence-electron chi connectivity index (χ4n) is 4.62.